The van der Waals surface area contributed by atoms with Gasteiger partial charge in [-0.3, -0.25) is 0 Å². The van der Waals surface area contributed by atoms with Crippen LogP contribution in [-0.2, 0) is 0 Å². The third-order valence-corrected chi connectivity index (χ3v) is 2.63. The average molecular weight is 159 g/mol. The molecule has 0 atom stereocenters. The molecule has 0 N–H and O–H groups in total. The first-order chi connectivity index (χ1) is 5.45. The summed E-state index contributed by atoms with van der Waals surface area (Å²) in [5.41, 5.74) is 4.30. The summed E-state index contributed by atoms with van der Waals surface area (Å²) in [5, 5.41) is 4.85. The lowest BCUT2D eigenvalue weighted by Gasteiger charge is -2.07. The Morgan fingerprint density at radius 3 is 2.73 bits per heavy atom. The smallest absolute Gasteiger partial charge is 0.0817 e. The topological polar surface area (TPSA) is 12.9 Å². The number of thiazole rings is 1. The summed E-state index contributed by atoms with van der Waals surface area (Å²) < 4.78 is 0. The number of nitrogens with zero attached hydrogens (tertiary/aromatic N) is 1. The number of rotatable bonds is 1. The molecule has 0 saturated carbocycles. The zero-order valence-electron chi connectivity index (χ0n) is 5.74. The molecule has 0 amide bonds. The molecule has 1 aromatic heterocycles. The van der Waals surface area contributed by atoms with Gasteiger partial charge >= 0.3 is 0 Å². The molecule has 0 unspecified atom stereocenters. The van der Waals surface area contributed by atoms with Crippen LogP contribution >= 0.6 is 11.3 Å². The average Bonchev–Trinajstić information content (AvgIpc) is 2.46. The van der Waals surface area contributed by atoms with Crippen LogP contribution in [0.2, 0.25) is 0 Å². The summed E-state index contributed by atoms with van der Waals surface area (Å²) in [7, 11) is 0. The van der Waals surface area contributed by atoms with Crippen LogP contribution in [0.5, 0.6) is 0 Å². The SMILES string of the molecule is c1nc(-c2cc3ccc2=3)cs1. The van der Waals surface area contributed by atoms with Crippen molar-refractivity contribution in [2.24, 2.45) is 0 Å². The van der Waals surface area contributed by atoms with Gasteiger partial charge in [-0.15, -0.1) is 11.3 Å². The molecule has 52 valence electrons. The first kappa shape index (κ1) is 5.49. The van der Waals surface area contributed by atoms with Gasteiger partial charge in [-0.2, -0.15) is 0 Å². The van der Waals surface area contributed by atoms with Crippen LogP contribution in [-0.4, -0.2) is 4.98 Å². The van der Waals surface area contributed by atoms with E-state index in [1.54, 1.807) is 11.3 Å². The number of hydrogen-bond donors (Lipinski definition) is 0. The lowest BCUT2D eigenvalue weighted by atomic mass is 9.97. The minimum Gasteiger partial charge on any atom is -0.245 e. The fourth-order valence-corrected chi connectivity index (χ4v) is 1.90. The number of benzene rings is 1. The second-order valence-corrected chi connectivity index (χ2v) is 3.35. The minimum atomic E-state index is 1.12. The maximum atomic E-state index is 4.24. The van der Waals surface area contributed by atoms with Crippen LogP contribution in [0.3, 0.4) is 0 Å². The maximum absolute atomic E-state index is 4.24. The molecular weight excluding hydrogens is 154 g/mol. The number of hydrogen-bond acceptors (Lipinski definition) is 2. The van der Waals surface area contributed by atoms with Crippen molar-refractivity contribution in [1.29, 1.82) is 0 Å². The van der Waals surface area contributed by atoms with E-state index in [4.69, 9.17) is 0 Å². The third-order valence-electron chi connectivity index (χ3n) is 2.04. The molecule has 0 aliphatic heterocycles. The molecule has 1 nitrogen and oxygen atoms in total. The minimum absolute atomic E-state index is 1.12. The van der Waals surface area contributed by atoms with E-state index in [-0.39, 0.29) is 0 Å². The summed E-state index contributed by atoms with van der Waals surface area (Å²) in [4.78, 5) is 4.24. The van der Waals surface area contributed by atoms with E-state index in [1.165, 1.54) is 16.0 Å². The summed E-state index contributed by atoms with van der Waals surface area (Å²) in [6.07, 6.45) is 0. The fourth-order valence-electron chi connectivity index (χ4n) is 1.35. The highest BCUT2D eigenvalue weighted by Crippen LogP contribution is 2.27. The van der Waals surface area contributed by atoms with Crippen LogP contribution in [0.4, 0.5) is 0 Å². The molecular formula is C9H5NS. The molecule has 0 radical (unpaired) electrons. The zero-order valence-corrected chi connectivity index (χ0v) is 6.56. The van der Waals surface area contributed by atoms with Crippen LogP contribution < -0.4 is 0 Å². The Morgan fingerprint density at radius 2 is 2.27 bits per heavy atom. The highest BCUT2D eigenvalue weighted by atomic mass is 32.1. The first-order valence-electron chi connectivity index (χ1n) is 3.48. The van der Waals surface area contributed by atoms with Crippen molar-refractivity contribution in [2.75, 3.05) is 0 Å². The molecule has 3 rings (SSSR count). The van der Waals surface area contributed by atoms with Crippen molar-refractivity contribution in [2.45, 2.75) is 0 Å². The Balaban J connectivity index is 2.26. The molecule has 0 spiro atoms. The molecule has 0 aromatic carbocycles. The molecule has 0 fully saturated rings. The van der Waals surface area contributed by atoms with Gasteiger partial charge in [-0.1, -0.05) is 12.1 Å². The summed E-state index contributed by atoms with van der Waals surface area (Å²) in [6.45, 7) is 0. The van der Waals surface area contributed by atoms with Gasteiger partial charge < -0.3 is 0 Å². The molecule has 11 heavy (non-hydrogen) atoms. The van der Waals surface area contributed by atoms with Gasteiger partial charge in [0.15, 0.2) is 0 Å². The van der Waals surface area contributed by atoms with E-state index < -0.39 is 0 Å². The Kier molecular flexibility index (Phi) is 0.855. The van der Waals surface area contributed by atoms with E-state index >= 15 is 0 Å². The molecule has 1 heterocycles. The van der Waals surface area contributed by atoms with E-state index in [2.05, 4.69) is 28.6 Å². The number of aromatic nitrogens is 1. The summed E-state index contributed by atoms with van der Waals surface area (Å²) in [6, 6.07) is 6.46. The van der Waals surface area contributed by atoms with Crippen molar-refractivity contribution < 1.29 is 0 Å². The Hall–Kier alpha value is -1.15. The Morgan fingerprint density at radius 1 is 1.27 bits per heavy atom. The quantitative estimate of drug-likeness (QED) is 0.531. The third kappa shape index (κ3) is 0.576. The molecule has 2 aliphatic rings. The fraction of sp³-hybridized carbons (Fsp3) is 0. The summed E-state index contributed by atoms with van der Waals surface area (Å²) in [5.74, 6) is 0. The second-order valence-electron chi connectivity index (χ2n) is 2.63. The van der Waals surface area contributed by atoms with E-state index in [0.29, 0.717) is 0 Å². The van der Waals surface area contributed by atoms with Gasteiger partial charge in [0, 0.05) is 10.9 Å². The monoisotopic (exact) mass is 159 g/mol. The molecule has 2 aliphatic carbocycles. The predicted octanol–water partition coefficient (Wildman–Crippen LogP) is 2.41. The maximum Gasteiger partial charge on any atom is 0.0817 e. The molecule has 0 saturated heterocycles. The van der Waals surface area contributed by atoms with Crippen LogP contribution in [0, 0.1) is 10.4 Å². The van der Waals surface area contributed by atoms with Crippen molar-refractivity contribution in [3.8, 4) is 11.3 Å². The summed E-state index contributed by atoms with van der Waals surface area (Å²) >= 11 is 1.65. The van der Waals surface area contributed by atoms with E-state index in [0.717, 1.165) is 5.69 Å². The van der Waals surface area contributed by atoms with Crippen molar-refractivity contribution in [3.05, 3.63) is 39.5 Å². The van der Waals surface area contributed by atoms with Gasteiger partial charge in [0.05, 0.1) is 11.2 Å². The van der Waals surface area contributed by atoms with Crippen LogP contribution in [0.15, 0.2) is 29.1 Å². The van der Waals surface area contributed by atoms with Gasteiger partial charge in [-0.05, 0) is 16.5 Å². The Bertz CT molecular complexity index is 485. The first-order valence-corrected chi connectivity index (χ1v) is 4.42. The lowest BCUT2D eigenvalue weighted by molar-refractivity contribution is 1.32. The normalized spacial score (nSPS) is 11.6. The van der Waals surface area contributed by atoms with Crippen molar-refractivity contribution >= 4 is 11.3 Å². The van der Waals surface area contributed by atoms with E-state index in [1.807, 2.05) is 5.51 Å². The van der Waals surface area contributed by atoms with Gasteiger partial charge in [0.1, 0.15) is 0 Å². The molecule has 1 aromatic rings. The molecule has 0 bridgehead atoms. The zero-order chi connectivity index (χ0) is 7.26. The van der Waals surface area contributed by atoms with Gasteiger partial charge in [0.2, 0.25) is 0 Å². The van der Waals surface area contributed by atoms with Gasteiger partial charge in [-0.25, -0.2) is 4.98 Å². The molecule has 2 heteroatoms. The van der Waals surface area contributed by atoms with Crippen LogP contribution in [0.25, 0.3) is 11.3 Å². The highest BCUT2D eigenvalue weighted by Gasteiger charge is 2.08. The van der Waals surface area contributed by atoms with Crippen LogP contribution in [0.1, 0.15) is 0 Å². The highest BCUT2D eigenvalue weighted by molar-refractivity contribution is 7.07. The second kappa shape index (κ2) is 1.71. The van der Waals surface area contributed by atoms with Gasteiger partial charge in [0.25, 0.3) is 0 Å². The van der Waals surface area contributed by atoms with E-state index in [9.17, 15) is 0 Å². The Labute approximate surface area is 67.7 Å². The largest absolute Gasteiger partial charge is 0.245 e. The lowest BCUT2D eigenvalue weighted by Crippen LogP contribution is -1.91. The van der Waals surface area contributed by atoms with Crippen molar-refractivity contribution in [1.82, 2.24) is 4.98 Å². The van der Waals surface area contributed by atoms with Crippen molar-refractivity contribution in [3.63, 3.8) is 0 Å². The predicted molar refractivity (Wildman–Crippen MR) is 45.2 cm³/mol. The standard InChI is InChI=1S/C9H5NS/c1-2-7-6(1)3-8(7)9-4-11-5-10-9/h1-5H.